The average molecular weight is 235 g/mol. The molecule has 0 bridgehead atoms. The summed E-state index contributed by atoms with van der Waals surface area (Å²) in [6.07, 6.45) is 3.94. The van der Waals surface area contributed by atoms with Crippen LogP contribution in [0.15, 0.2) is 0 Å². The number of hydrogen-bond acceptors (Lipinski definition) is 4. The van der Waals surface area contributed by atoms with E-state index in [4.69, 9.17) is 10.8 Å². The van der Waals surface area contributed by atoms with Crippen molar-refractivity contribution < 1.29 is 9.90 Å². The van der Waals surface area contributed by atoms with Gasteiger partial charge in [0.25, 0.3) is 0 Å². The second-order valence-corrected chi connectivity index (χ2v) is 4.99. The normalized spacial score (nSPS) is 15.4. The number of nitrogens with zero attached hydrogens (tertiary/aromatic N) is 2. The van der Waals surface area contributed by atoms with Gasteiger partial charge in [-0.15, -0.1) is 0 Å². The molecule has 0 unspecified atom stereocenters. The van der Waals surface area contributed by atoms with E-state index in [1.54, 1.807) is 13.8 Å². The molecule has 0 spiro atoms. The van der Waals surface area contributed by atoms with Crippen molar-refractivity contribution in [3.8, 4) is 0 Å². The van der Waals surface area contributed by atoms with Crippen molar-refractivity contribution in [2.45, 2.75) is 44.9 Å². The Bertz CT molecular complexity index is 469. The van der Waals surface area contributed by atoms with Crippen molar-refractivity contribution in [2.24, 2.45) is 0 Å². The molecule has 0 amide bonds. The van der Waals surface area contributed by atoms with Gasteiger partial charge in [0, 0.05) is 11.3 Å². The van der Waals surface area contributed by atoms with Gasteiger partial charge in [-0.1, -0.05) is 0 Å². The van der Waals surface area contributed by atoms with Crippen LogP contribution in [0.4, 0.5) is 5.82 Å². The molecule has 0 aromatic carbocycles. The number of carbonyl (C=O) groups is 1. The molecule has 1 aromatic rings. The minimum Gasteiger partial charge on any atom is -0.481 e. The predicted molar refractivity (Wildman–Crippen MR) is 63.7 cm³/mol. The van der Waals surface area contributed by atoms with Crippen LogP contribution in [0.2, 0.25) is 0 Å². The Balaban J connectivity index is 2.51. The summed E-state index contributed by atoms with van der Waals surface area (Å²) in [5.41, 5.74) is 6.72. The number of aromatic nitrogens is 2. The van der Waals surface area contributed by atoms with Crippen LogP contribution in [0.3, 0.4) is 0 Å². The lowest BCUT2D eigenvalue weighted by Gasteiger charge is -2.22. The van der Waals surface area contributed by atoms with Crippen LogP contribution in [0.5, 0.6) is 0 Å². The van der Waals surface area contributed by atoms with Crippen LogP contribution in [0.25, 0.3) is 0 Å². The molecule has 1 heterocycles. The quantitative estimate of drug-likeness (QED) is 0.806. The van der Waals surface area contributed by atoms with Crippen LogP contribution >= 0.6 is 0 Å². The zero-order chi connectivity index (χ0) is 12.6. The molecular formula is C12H17N3O2. The fourth-order valence-electron chi connectivity index (χ4n) is 2.00. The number of rotatable bonds is 2. The van der Waals surface area contributed by atoms with Crippen molar-refractivity contribution in [3.05, 3.63) is 17.1 Å². The molecule has 1 aliphatic carbocycles. The predicted octanol–water partition coefficient (Wildman–Crippen LogP) is 1.30. The number of hydrogen-bond donors (Lipinski definition) is 2. The Kier molecular flexibility index (Phi) is 2.77. The van der Waals surface area contributed by atoms with Gasteiger partial charge < -0.3 is 10.8 Å². The first-order chi connectivity index (χ1) is 7.93. The van der Waals surface area contributed by atoms with Crippen molar-refractivity contribution in [3.63, 3.8) is 0 Å². The van der Waals surface area contributed by atoms with Gasteiger partial charge in [0.1, 0.15) is 17.1 Å². The van der Waals surface area contributed by atoms with E-state index < -0.39 is 11.4 Å². The number of fused-ring (bicyclic) bond motifs is 1. The topological polar surface area (TPSA) is 89.1 Å². The highest BCUT2D eigenvalue weighted by Crippen LogP contribution is 2.27. The van der Waals surface area contributed by atoms with Crippen LogP contribution in [0, 0.1) is 0 Å². The Morgan fingerprint density at radius 2 is 1.94 bits per heavy atom. The van der Waals surface area contributed by atoms with Crippen molar-refractivity contribution >= 4 is 11.8 Å². The third-order valence-electron chi connectivity index (χ3n) is 3.31. The minimum atomic E-state index is -1.10. The second-order valence-electron chi connectivity index (χ2n) is 4.99. The van der Waals surface area contributed by atoms with Crippen LogP contribution in [0.1, 0.15) is 43.8 Å². The molecule has 17 heavy (non-hydrogen) atoms. The standard InChI is InChI=1S/C12H17N3O2/c1-12(2,11(16)17)10-14-8-6-4-3-5-7(8)9(13)15-10/h3-6H2,1-2H3,(H,16,17)(H2,13,14,15). The van der Waals surface area contributed by atoms with Crippen molar-refractivity contribution in [1.82, 2.24) is 9.97 Å². The largest absolute Gasteiger partial charge is 0.481 e. The summed E-state index contributed by atoms with van der Waals surface area (Å²) in [7, 11) is 0. The molecular weight excluding hydrogens is 218 g/mol. The van der Waals surface area contributed by atoms with E-state index in [0.29, 0.717) is 11.6 Å². The van der Waals surface area contributed by atoms with Crippen LogP contribution in [-0.2, 0) is 23.1 Å². The first kappa shape index (κ1) is 11.8. The van der Waals surface area contributed by atoms with Gasteiger partial charge in [0.05, 0.1) is 0 Å². The SMILES string of the molecule is CC(C)(C(=O)O)c1nc(N)c2c(n1)CCCC2. The van der Waals surface area contributed by atoms with Gasteiger partial charge in [0.15, 0.2) is 0 Å². The monoisotopic (exact) mass is 235 g/mol. The van der Waals surface area contributed by atoms with E-state index in [-0.39, 0.29) is 0 Å². The number of nitrogen functional groups attached to an aromatic ring is 1. The van der Waals surface area contributed by atoms with Gasteiger partial charge in [-0.3, -0.25) is 4.79 Å². The maximum Gasteiger partial charge on any atom is 0.316 e. The first-order valence-electron chi connectivity index (χ1n) is 5.82. The lowest BCUT2D eigenvalue weighted by molar-refractivity contribution is -0.142. The smallest absolute Gasteiger partial charge is 0.316 e. The number of carboxylic acids is 1. The Hall–Kier alpha value is -1.65. The Morgan fingerprint density at radius 3 is 2.59 bits per heavy atom. The summed E-state index contributed by atoms with van der Waals surface area (Å²) in [5, 5.41) is 9.17. The van der Waals surface area contributed by atoms with E-state index >= 15 is 0 Å². The molecule has 0 atom stereocenters. The van der Waals surface area contributed by atoms with Crippen LogP contribution < -0.4 is 5.73 Å². The van der Waals surface area contributed by atoms with E-state index in [9.17, 15) is 4.79 Å². The summed E-state index contributed by atoms with van der Waals surface area (Å²) < 4.78 is 0. The summed E-state index contributed by atoms with van der Waals surface area (Å²) in [6, 6.07) is 0. The molecule has 5 nitrogen and oxygen atoms in total. The number of aliphatic carboxylic acids is 1. The number of nitrogens with two attached hydrogens (primary N) is 1. The number of anilines is 1. The summed E-state index contributed by atoms with van der Waals surface area (Å²) in [5.74, 6) is -0.185. The Labute approximate surface area is 100 Å². The van der Waals surface area contributed by atoms with E-state index in [2.05, 4.69) is 9.97 Å². The molecule has 0 aliphatic heterocycles. The molecule has 1 aliphatic rings. The summed E-state index contributed by atoms with van der Waals surface area (Å²) >= 11 is 0. The molecule has 2 rings (SSSR count). The molecule has 92 valence electrons. The molecule has 0 saturated heterocycles. The fraction of sp³-hybridized carbons (Fsp3) is 0.583. The van der Waals surface area contributed by atoms with Gasteiger partial charge in [0.2, 0.25) is 0 Å². The number of carboxylic acid groups (broad SMARTS) is 1. The first-order valence-corrected chi connectivity index (χ1v) is 5.82. The van der Waals surface area contributed by atoms with Gasteiger partial charge >= 0.3 is 5.97 Å². The highest BCUT2D eigenvalue weighted by atomic mass is 16.4. The third-order valence-corrected chi connectivity index (χ3v) is 3.31. The zero-order valence-corrected chi connectivity index (χ0v) is 10.2. The zero-order valence-electron chi connectivity index (χ0n) is 10.2. The number of aryl methyl sites for hydroxylation is 1. The molecule has 0 fully saturated rings. The van der Waals surface area contributed by atoms with Gasteiger partial charge in [-0.25, -0.2) is 9.97 Å². The highest BCUT2D eigenvalue weighted by Gasteiger charge is 2.34. The molecule has 1 aromatic heterocycles. The van der Waals surface area contributed by atoms with Crippen molar-refractivity contribution in [2.75, 3.05) is 5.73 Å². The minimum absolute atomic E-state index is 0.308. The molecule has 0 saturated carbocycles. The maximum atomic E-state index is 11.2. The van der Waals surface area contributed by atoms with E-state index in [0.717, 1.165) is 36.9 Å². The Morgan fingerprint density at radius 1 is 1.29 bits per heavy atom. The lowest BCUT2D eigenvalue weighted by Crippen LogP contribution is -2.32. The lowest BCUT2D eigenvalue weighted by atomic mass is 9.90. The molecule has 5 heteroatoms. The third kappa shape index (κ3) is 1.97. The average Bonchev–Trinajstić information content (AvgIpc) is 2.28. The highest BCUT2D eigenvalue weighted by molar-refractivity contribution is 5.79. The maximum absolute atomic E-state index is 11.2. The molecule has 3 N–H and O–H groups in total. The summed E-state index contributed by atoms with van der Waals surface area (Å²) in [6.45, 7) is 3.19. The van der Waals surface area contributed by atoms with Crippen molar-refractivity contribution in [1.29, 1.82) is 0 Å². The van der Waals surface area contributed by atoms with Gasteiger partial charge in [-0.05, 0) is 39.5 Å². The van der Waals surface area contributed by atoms with Gasteiger partial charge in [-0.2, -0.15) is 0 Å². The van der Waals surface area contributed by atoms with Crippen LogP contribution in [-0.4, -0.2) is 21.0 Å². The van der Waals surface area contributed by atoms with E-state index in [1.165, 1.54) is 0 Å². The fourth-order valence-corrected chi connectivity index (χ4v) is 2.00. The summed E-state index contributed by atoms with van der Waals surface area (Å²) in [4.78, 5) is 19.7. The molecule has 0 radical (unpaired) electrons. The second kappa shape index (κ2) is 3.98. The van der Waals surface area contributed by atoms with E-state index in [1.807, 2.05) is 0 Å².